The van der Waals surface area contributed by atoms with Crippen LogP contribution in [0.25, 0.3) is 10.9 Å². The number of nitro benzene ring substituents is 1. The van der Waals surface area contributed by atoms with Gasteiger partial charge in [-0.05, 0) is 12.1 Å². The number of para-hydroxylation sites is 1. The van der Waals surface area contributed by atoms with Crippen molar-refractivity contribution in [2.75, 3.05) is 0 Å². The fourth-order valence-electron chi connectivity index (χ4n) is 8.44. The van der Waals surface area contributed by atoms with Gasteiger partial charge >= 0.3 is 0 Å². The van der Waals surface area contributed by atoms with Crippen LogP contribution in [0.5, 0.6) is 0 Å². The highest BCUT2D eigenvalue weighted by atomic mass is 19.2. The van der Waals surface area contributed by atoms with Crippen molar-refractivity contribution in [3.63, 3.8) is 0 Å². The zero-order valence-electron chi connectivity index (χ0n) is 36.7. The maximum Gasteiger partial charge on any atom is 0.270 e. The molecule has 8 aromatic rings. The molecule has 0 amide bonds. The first-order valence-electron chi connectivity index (χ1n) is 20.7. The number of ketones is 2. The summed E-state index contributed by atoms with van der Waals surface area (Å²) in [6.07, 6.45) is -7.20. The van der Waals surface area contributed by atoms with Gasteiger partial charge in [0.15, 0.2) is 81.3 Å². The molecule has 0 radical (unpaired) electrons. The monoisotopic (exact) mass is 1090 g/mol. The summed E-state index contributed by atoms with van der Waals surface area (Å²) in [6, 6.07) is 26.1. The topological polar surface area (TPSA) is 81.2 Å². The second kappa shape index (κ2) is 20.9. The van der Waals surface area contributed by atoms with E-state index in [-0.39, 0.29) is 35.8 Å². The molecule has 0 spiro atoms. The van der Waals surface area contributed by atoms with Crippen LogP contribution in [0.2, 0.25) is 0 Å². The van der Waals surface area contributed by atoms with Crippen molar-refractivity contribution in [1.29, 1.82) is 0 Å². The predicted octanol–water partition coefficient (Wildman–Crippen LogP) is 10.2. The molecule has 0 fully saturated rings. The zero-order chi connectivity index (χ0) is 56.2. The summed E-state index contributed by atoms with van der Waals surface area (Å²) in [5.41, 5.74) is -12.1. The lowest BCUT2D eigenvalue weighted by Crippen LogP contribution is -2.81. The van der Waals surface area contributed by atoms with Crippen LogP contribution in [0.4, 0.5) is 93.5 Å². The number of Topliss-reactive ketones (excluding diaryl/α,β-unsaturated/α-hetero) is 2. The minimum Gasteiger partial charge on any atom is -0.294 e. The number of halogens is 20. The maximum atomic E-state index is 15.4. The van der Waals surface area contributed by atoms with Crippen LogP contribution in [-0.2, 0) is 13.0 Å². The van der Waals surface area contributed by atoms with E-state index in [9.17, 15) is 72.4 Å². The number of nitro groups is 1. The van der Waals surface area contributed by atoms with Gasteiger partial charge in [0, 0.05) is 40.8 Å². The number of nitrogens with zero attached hydrogens (tertiary/aromatic N) is 2. The molecule has 392 valence electrons. The number of rotatable bonds is 11. The van der Waals surface area contributed by atoms with E-state index in [0.29, 0.717) is 11.3 Å². The average Bonchev–Trinajstić information content (AvgIpc) is 3.59. The molecule has 0 aliphatic rings. The van der Waals surface area contributed by atoms with Gasteiger partial charge < -0.3 is 0 Å². The van der Waals surface area contributed by atoms with E-state index in [1.54, 1.807) is 18.2 Å². The summed E-state index contributed by atoms with van der Waals surface area (Å²) in [5, 5.41) is 12.0. The number of carbonyl (C=O) groups excluding carboxylic acids is 2. The van der Waals surface area contributed by atoms with Crippen molar-refractivity contribution >= 4 is 56.2 Å². The first-order chi connectivity index (χ1) is 35.7. The first kappa shape index (κ1) is 55.1. The van der Waals surface area contributed by atoms with E-state index < -0.39 is 149 Å². The van der Waals surface area contributed by atoms with Crippen molar-refractivity contribution in [3.05, 3.63) is 234 Å². The van der Waals surface area contributed by atoms with Crippen LogP contribution >= 0.6 is 0 Å². The number of aromatic nitrogens is 1. The van der Waals surface area contributed by atoms with Crippen LogP contribution < -0.4 is 26.4 Å². The number of benzene rings is 7. The Morgan fingerprint density at radius 1 is 0.395 bits per heavy atom. The Balaban J connectivity index is 0.000000236. The van der Waals surface area contributed by atoms with Crippen LogP contribution in [0.15, 0.2) is 91.0 Å². The van der Waals surface area contributed by atoms with Gasteiger partial charge in [-0.2, -0.15) is 4.57 Å². The molecule has 0 atom stereocenters. The van der Waals surface area contributed by atoms with Crippen LogP contribution in [0.3, 0.4) is 0 Å². The number of pyridine rings is 1. The standard InChI is InChI=1S/C25H19N2O4.C24BF20/c28-24(20-10-6-11-22(15-20)27(30)31)16-21-14-13-18-7-4-5-12-23(18)26(21)17-25(29)19-8-2-1-3-9-19;26-5-1(6(27)14(35)21(42)13(5)34)25(2-7(28)15(36)22(43)16(37)8(2)29,3-9(30)17(38)23(44)18(39)10(3)31)4-11(32)19(40)24(45)20(41)12(4)33/h1-15H,16-17H2;/q+1;-1. The van der Waals surface area contributed by atoms with Gasteiger partial charge in [0.05, 0.1) is 11.3 Å². The van der Waals surface area contributed by atoms with Crippen molar-refractivity contribution < 1.29 is 107 Å². The Kier molecular flexibility index (Phi) is 15.2. The molecule has 1 aromatic heterocycles. The number of hydrogen-bond acceptors (Lipinski definition) is 4. The van der Waals surface area contributed by atoms with Crippen molar-refractivity contribution in [2.45, 2.75) is 13.0 Å². The molecule has 8 rings (SSSR count). The SMILES string of the molecule is Fc1c(F)c(F)c([B-](c2c(F)c(F)c(F)c(F)c2F)(c2c(F)c(F)c(F)c(F)c2F)c2c(F)c(F)c(F)c(F)c2F)c(F)c1F.O=C(Cc1ccc2ccccc2[n+]1CC(=O)c1ccccc1)c1cccc([N+](=O)[O-])c1. The number of hydrogen-bond donors (Lipinski definition) is 0. The fraction of sp³-hybridized carbons (Fsp3) is 0.0408. The van der Waals surface area contributed by atoms with E-state index in [4.69, 9.17) is 0 Å². The lowest BCUT2D eigenvalue weighted by Gasteiger charge is -2.44. The van der Waals surface area contributed by atoms with Gasteiger partial charge in [-0.3, -0.25) is 19.7 Å². The molecular formula is C49H19BF20N2O4. The Morgan fingerprint density at radius 2 is 0.737 bits per heavy atom. The maximum absolute atomic E-state index is 15.4. The summed E-state index contributed by atoms with van der Waals surface area (Å²) >= 11 is 0. The van der Waals surface area contributed by atoms with Crippen LogP contribution in [-0.4, -0.2) is 22.6 Å². The Hall–Kier alpha value is -8.65. The largest absolute Gasteiger partial charge is 0.294 e. The molecule has 0 bridgehead atoms. The molecule has 7 aromatic carbocycles. The third kappa shape index (κ3) is 9.01. The molecule has 0 N–H and O–H groups in total. The fourth-order valence-corrected chi connectivity index (χ4v) is 8.44. The van der Waals surface area contributed by atoms with Crippen LogP contribution in [0.1, 0.15) is 26.4 Å². The molecule has 0 saturated carbocycles. The molecule has 0 unspecified atom stereocenters. The second-order valence-electron chi connectivity index (χ2n) is 16.0. The minimum atomic E-state index is -7.22. The predicted molar refractivity (Wildman–Crippen MR) is 225 cm³/mol. The molecule has 27 heteroatoms. The van der Waals surface area contributed by atoms with Gasteiger partial charge in [-0.15, -0.1) is 21.9 Å². The summed E-state index contributed by atoms with van der Waals surface area (Å²) in [6.45, 7) is 0.0862. The zero-order valence-corrected chi connectivity index (χ0v) is 36.7. The normalized spacial score (nSPS) is 11.5. The van der Waals surface area contributed by atoms with Gasteiger partial charge in [-0.1, -0.05) is 54.6 Å². The molecule has 1 heterocycles. The average molecular weight is 1090 g/mol. The Morgan fingerprint density at radius 3 is 1.12 bits per heavy atom. The van der Waals surface area contributed by atoms with E-state index in [1.165, 1.54) is 18.2 Å². The van der Waals surface area contributed by atoms with Crippen molar-refractivity contribution in [3.8, 4) is 0 Å². The highest BCUT2D eigenvalue weighted by Gasteiger charge is 2.52. The van der Waals surface area contributed by atoms with Gasteiger partial charge in [-0.25, -0.2) is 87.8 Å². The van der Waals surface area contributed by atoms with Crippen LogP contribution in [0, 0.1) is 126 Å². The summed E-state index contributed by atoms with van der Waals surface area (Å²) in [4.78, 5) is 36.3. The minimum absolute atomic E-state index is 0.0219. The van der Waals surface area contributed by atoms with Crippen molar-refractivity contribution in [2.24, 2.45) is 0 Å². The summed E-state index contributed by atoms with van der Waals surface area (Å²) < 4.78 is 296. The first-order valence-corrected chi connectivity index (χ1v) is 20.7. The van der Waals surface area contributed by atoms with Crippen molar-refractivity contribution in [1.82, 2.24) is 0 Å². The van der Waals surface area contributed by atoms with Gasteiger partial charge in [0.25, 0.3) is 5.69 Å². The molecule has 0 aliphatic carbocycles. The summed E-state index contributed by atoms with van der Waals surface area (Å²) in [7, 11) is 0. The smallest absolute Gasteiger partial charge is 0.270 e. The summed E-state index contributed by atoms with van der Waals surface area (Å²) in [5.74, 6) is -71.7. The number of carbonyl (C=O) groups is 2. The van der Waals surface area contributed by atoms with Gasteiger partial charge in [0.2, 0.25) is 17.8 Å². The molecular weight excluding hydrogens is 1070 g/mol. The van der Waals surface area contributed by atoms with E-state index in [0.717, 1.165) is 10.9 Å². The van der Waals surface area contributed by atoms with E-state index in [1.807, 2.05) is 59.2 Å². The highest BCUT2D eigenvalue weighted by molar-refractivity contribution is 7.20. The van der Waals surface area contributed by atoms with E-state index >= 15 is 35.1 Å². The van der Waals surface area contributed by atoms with Gasteiger partial charge in [0.1, 0.15) is 52.7 Å². The number of non-ortho nitro benzene ring substituents is 1. The molecule has 0 saturated heterocycles. The third-order valence-electron chi connectivity index (χ3n) is 11.9. The molecule has 0 aliphatic heterocycles. The number of fused-ring (bicyclic) bond motifs is 1. The lowest BCUT2D eigenvalue weighted by atomic mass is 9.12. The third-order valence-corrected chi connectivity index (χ3v) is 11.9. The second-order valence-corrected chi connectivity index (χ2v) is 16.0. The Bertz CT molecular complexity index is 3370. The van der Waals surface area contributed by atoms with E-state index in [2.05, 4.69) is 0 Å². The highest BCUT2D eigenvalue weighted by Crippen LogP contribution is 2.31. The lowest BCUT2D eigenvalue weighted by molar-refractivity contribution is -0.664. The Labute approximate surface area is 409 Å². The molecule has 6 nitrogen and oxygen atoms in total. The quantitative estimate of drug-likeness (QED) is 0.0189. The molecule has 76 heavy (non-hydrogen) atoms.